The molecule has 1 aromatic rings. The van der Waals surface area contributed by atoms with Crippen molar-refractivity contribution in [3.05, 3.63) is 17.3 Å². The van der Waals surface area contributed by atoms with E-state index in [1.165, 1.54) is 6.21 Å². The van der Waals surface area contributed by atoms with Crippen LogP contribution in [0.3, 0.4) is 0 Å². The minimum atomic E-state index is -0.631. The third-order valence-electron chi connectivity index (χ3n) is 4.09. The number of nitrogens with one attached hydrogen (secondary N) is 2. The van der Waals surface area contributed by atoms with E-state index >= 15 is 0 Å². The average Bonchev–Trinajstić information content (AvgIpc) is 2.65. The Labute approximate surface area is 125 Å². The predicted molar refractivity (Wildman–Crippen MR) is 82.1 cm³/mol. The minimum Gasteiger partial charge on any atom is -0.399 e. The summed E-state index contributed by atoms with van der Waals surface area (Å²) in [5, 5.41) is 19.6. The molecule has 0 radical (unpaired) electrons. The van der Waals surface area contributed by atoms with E-state index in [4.69, 9.17) is 20.0 Å². The van der Waals surface area contributed by atoms with Gasteiger partial charge >= 0.3 is 7.12 Å². The van der Waals surface area contributed by atoms with E-state index in [9.17, 15) is 0 Å². The Bertz CT molecular complexity index is 606. The molecule has 0 aromatic carbocycles. The molecule has 1 aromatic heterocycles. The van der Waals surface area contributed by atoms with Gasteiger partial charge in [0.1, 0.15) is 17.6 Å². The average molecular weight is 286 g/mol. The standard InChI is InChI=1S/C14H19BN4O2/c1-13(2)14(3,4)21-15(20-13)11-6-9(7-16)19-12(18-5)10(11)8-17/h6,8,17H,1-5H3,(H,18,19). The van der Waals surface area contributed by atoms with Gasteiger partial charge in [-0.05, 0) is 39.2 Å². The highest BCUT2D eigenvalue weighted by Crippen LogP contribution is 2.36. The fourth-order valence-electron chi connectivity index (χ4n) is 2.14. The van der Waals surface area contributed by atoms with Crippen molar-refractivity contribution in [3.8, 4) is 6.07 Å². The Balaban J connectivity index is 2.55. The summed E-state index contributed by atoms with van der Waals surface area (Å²) in [5.41, 5.74) is 0.504. The van der Waals surface area contributed by atoms with Gasteiger partial charge in [0.15, 0.2) is 0 Å². The van der Waals surface area contributed by atoms with E-state index in [1.54, 1.807) is 13.1 Å². The number of anilines is 1. The zero-order valence-electron chi connectivity index (χ0n) is 12.9. The second-order valence-electron chi connectivity index (χ2n) is 5.95. The van der Waals surface area contributed by atoms with Crippen LogP contribution in [0.5, 0.6) is 0 Å². The number of hydrogen-bond donors (Lipinski definition) is 2. The lowest BCUT2D eigenvalue weighted by Crippen LogP contribution is -2.41. The Morgan fingerprint density at radius 1 is 1.33 bits per heavy atom. The van der Waals surface area contributed by atoms with E-state index in [-0.39, 0.29) is 5.69 Å². The maximum Gasteiger partial charge on any atom is 0.495 e. The van der Waals surface area contributed by atoms with Crippen LogP contribution in [0.2, 0.25) is 0 Å². The summed E-state index contributed by atoms with van der Waals surface area (Å²) in [5.74, 6) is 0.466. The molecule has 21 heavy (non-hydrogen) atoms. The summed E-state index contributed by atoms with van der Waals surface area (Å²) >= 11 is 0. The van der Waals surface area contributed by atoms with Crippen molar-refractivity contribution < 1.29 is 9.31 Å². The van der Waals surface area contributed by atoms with Crippen molar-refractivity contribution >= 4 is 24.6 Å². The molecule has 0 spiro atoms. The van der Waals surface area contributed by atoms with E-state index in [2.05, 4.69) is 10.3 Å². The number of nitrogens with zero attached hydrogens (tertiary/aromatic N) is 2. The SMILES string of the molecule is CNc1nc(C#N)cc(B2OC(C)(C)C(C)(C)O2)c1C=N. The highest BCUT2D eigenvalue weighted by molar-refractivity contribution is 6.63. The highest BCUT2D eigenvalue weighted by Gasteiger charge is 2.52. The first-order chi connectivity index (χ1) is 9.75. The molecule has 0 amide bonds. The molecule has 1 aliphatic rings. The van der Waals surface area contributed by atoms with Crippen LogP contribution in [0.1, 0.15) is 39.0 Å². The van der Waals surface area contributed by atoms with Gasteiger partial charge in [-0.1, -0.05) is 0 Å². The lowest BCUT2D eigenvalue weighted by atomic mass is 9.76. The molecule has 0 atom stereocenters. The molecular formula is C14H19BN4O2. The molecule has 7 heteroatoms. The van der Waals surface area contributed by atoms with E-state index in [1.807, 2.05) is 33.8 Å². The first kappa shape index (κ1) is 15.5. The third kappa shape index (κ3) is 2.52. The second-order valence-corrected chi connectivity index (χ2v) is 5.95. The van der Waals surface area contributed by atoms with Crippen LogP contribution in [-0.4, -0.2) is 36.6 Å². The van der Waals surface area contributed by atoms with Crippen molar-refractivity contribution in [2.24, 2.45) is 0 Å². The highest BCUT2D eigenvalue weighted by atomic mass is 16.7. The van der Waals surface area contributed by atoms with Gasteiger partial charge in [0.2, 0.25) is 0 Å². The van der Waals surface area contributed by atoms with Crippen molar-refractivity contribution in [1.82, 2.24) is 4.98 Å². The molecule has 0 bridgehead atoms. The monoisotopic (exact) mass is 286 g/mol. The van der Waals surface area contributed by atoms with Crippen LogP contribution in [0.15, 0.2) is 6.07 Å². The molecule has 1 fully saturated rings. The van der Waals surface area contributed by atoms with Crippen LogP contribution >= 0.6 is 0 Å². The molecule has 6 nitrogen and oxygen atoms in total. The third-order valence-corrected chi connectivity index (χ3v) is 4.09. The van der Waals surface area contributed by atoms with Gasteiger partial charge in [-0.3, -0.25) is 0 Å². The molecule has 110 valence electrons. The predicted octanol–water partition coefficient (Wildman–Crippen LogP) is 1.29. The quantitative estimate of drug-likeness (QED) is 0.645. The first-order valence-electron chi connectivity index (χ1n) is 6.74. The van der Waals surface area contributed by atoms with E-state index in [0.717, 1.165) is 0 Å². The summed E-state index contributed by atoms with van der Waals surface area (Å²) in [6, 6.07) is 3.64. The van der Waals surface area contributed by atoms with Crippen molar-refractivity contribution in [2.75, 3.05) is 12.4 Å². The fourth-order valence-corrected chi connectivity index (χ4v) is 2.14. The Morgan fingerprint density at radius 3 is 2.33 bits per heavy atom. The first-order valence-corrected chi connectivity index (χ1v) is 6.74. The number of rotatable bonds is 3. The Kier molecular flexibility index (Phi) is 3.78. The Hall–Kier alpha value is -1.91. The van der Waals surface area contributed by atoms with Crippen LogP contribution in [0, 0.1) is 16.7 Å². The minimum absolute atomic E-state index is 0.259. The molecule has 2 N–H and O–H groups in total. The smallest absolute Gasteiger partial charge is 0.399 e. The summed E-state index contributed by atoms with van der Waals surface area (Å²) in [7, 11) is 1.07. The molecule has 2 heterocycles. The van der Waals surface area contributed by atoms with E-state index in [0.29, 0.717) is 16.8 Å². The molecule has 2 rings (SSSR count). The van der Waals surface area contributed by atoms with Gasteiger partial charge in [0.05, 0.1) is 11.2 Å². The maximum absolute atomic E-state index is 9.11. The molecule has 0 saturated carbocycles. The topological polar surface area (TPSA) is 91.0 Å². The molecular weight excluding hydrogens is 267 g/mol. The van der Waals surface area contributed by atoms with Crippen molar-refractivity contribution in [2.45, 2.75) is 38.9 Å². The van der Waals surface area contributed by atoms with E-state index < -0.39 is 18.3 Å². The normalized spacial score (nSPS) is 19.1. The van der Waals surface area contributed by atoms with Gasteiger partial charge < -0.3 is 20.0 Å². The van der Waals surface area contributed by atoms with Crippen molar-refractivity contribution in [1.29, 1.82) is 10.7 Å². The lowest BCUT2D eigenvalue weighted by molar-refractivity contribution is 0.00578. The zero-order chi connectivity index (χ0) is 15.8. The Morgan fingerprint density at radius 2 is 1.90 bits per heavy atom. The summed E-state index contributed by atoms with van der Waals surface area (Å²) in [6.45, 7) is 7.84. The van der Waals surface area contributed by atoms with Gasteiger partial charge in [-0.25, -0.2) is 4.98 Å². The summed E-state index contributed by atoms with van der Waals surface area (Å²) in [6.07, 6.45) is 1.19. The van der Waals surface area contributed by atoms with Gasteiger partial charge in [-0.2, -0.15) is 5.26 Å². The van der Waals surface area contributed by atoms with Crippen LogP contribution in [0.4, 0.5) is 5.82 Å². The largest absolute Gasteiger partial charge is 0.495 e. The number of pyridine rings is 1. The van der Waals surface area contributed by atoms with Crippen LogP contribution in [0.25, 0.3) is 0 Å². The van der Waals surface area contributed by atoms with Crippen LogP contribution in [-0.2, 0) is 9.31 Å². The van der Waals surface area contributed by atoms with Gasteiger partial charge in [0, 0.05) is 18.8 Å². The molecule has 1 aliphatic heterocycles. The van der Waals surface area contributed by atoms with Gasteiger partial charge in [-0.15, -0.1) is 0 Å². The number of nitriles is 1. The van der Waals surface area contributed by atoms with Gasteiger partial charge in [0.25, 0.3) is 0 Å². The molecule has 0 aliphatic carbocycles. The number of aromatic nitrogens is 1. The fraction of sp³-hybridized carbons (Fsp3) is 0.500. The molecule has 1 saturated heterocycles. The number of hydrogen-bond acceptors (Lipinski definition) is 6. The maximum atomic E-state index is 9.11. The second kappa shape index (κ2) is 5.13. The summed E-state index contributed by atoms with van der Waals surface area (Å²) in [4.78, 5) is 4.15. The summed E-state index contributed by atoms with van der Waals surface area (Å²) < 4.78 is 12.0. The van der Waals surface area contributed by atoms with Crippen molar-refractivity contribution in [3.63, 3.8) is 0 Å². The zero-order valence-corrected chi connectivity index (χ0v) is 12.9. The van der Waals surface area contributed by atoms with Crippen LogP contribution < -0.4 is 10.8 Å². The molecule has 0 unspecified atom stereocenters. The lowest BCUT2D eigenvalue weighted by Gasteiger charge is -2.32.